The Kier molecular flexibility index (Phi) is 5.56. The molecule has 5 nitrogen and oxygen atoms in total. The fourth-order valence-electron chi connectivity index (χ4n) is 3.15. The quantitative estimate of drug-likeness (QED) is 0.891. The van der Waals surface area contributed by atoms with Crippen molar-refractivity contribution >= 4 is 17.4 Å². The summed E-state index contributed by atoms with van der Waals surface area (Å²) in [4.78, 5) is 18.9. The largest absolute Gasteiger partial charge is 0.466 e. The van der Waals surface area contributed by atoms with Gasteiger partial charge in [0.25, 0.3) is 0 Å². The van der Waals surface area contributed by atoms with Crippen LogP contribution < -0.4 is 5.32 Å². The maximum absolute atomic E-state index is 12.5. The van der Waals surface area contributed by atoms with Crippen LogP contribution in [-0.4, -0.2) is 35.0 Å². The third-order valence-electron chi connectivity index (χ3n) is 4.50. The molecule has 0 saturated carbocycles. The van der Waals surface area contributed by atoms with Crippen LogP contribution in [0.2, 0.25) is 0 Å². The van der Waals surface area contributed by atoms with E-state index in [-0.39, 0.29) is 12.1 Å². The van der Waals surface area contributed by atoms with Crippen molar-refractivity contribution in [3.05, 3.63) is 40.2 Å². The van der Waals surface area contributed by atoms with Crippen molar-refractivity contribution < 1.29 is 9.21 Å². The third kappa shape index (κ3) is 4.38. The van der Waals surface area contributed by atoms with Crippen LogP contribution in [0.3, 0.4) is 0 Å². The van der Waals surface area contributed by atoms with Crippen molar-refractivity contribution in [1.82, 2.24) is 15.2 Å². The standard InChI is InChI=1S/C18H25N3O2S/c1-13(5-7-16-8-6-14(2)23-16)20-18(22)21-10-3-4-15(12-21)17-19-9-11-24-17/h6,8-9,11,13,15H,3-5,7,10,12H2,1-2H3,(H,20,22)/t13-,15-/m0/s1. The minimum Gasteiger partial charge on any atom is -0.466 e. The number of aromatic nitrogens is 1. The number of nitrogens with zero attached hydrogens (tertiary/aromatic N) is 2. The average Bonchev–Trinajstić information content (AvgIpc) is 3.24. The topological polar surface area (TPSA) is 58.4 Å². The third-order valence-corrected chi connectivity index (χ3v) is 5.44. The summed E-state index contributed by atoms with van der Waals surface area (Å²) in [6, 6.07) is 4.15. The number of furan rings is 1. The Labute approximate surface area is 147 Å². The maximum Gasteiger partial charge on any atom is 0.317 e. The first-order valence-electron chi connectivity index (χ1n) is 8.62. The lowest BCUT2D eigenvalue weighted by atomic mass is 9.99. The van der Waals surface area contributed by atoms with E-state index in [1.807, 2.05) is 35.5 Å². The van der Waals surface area contributed by atoms with Crippen molar-refractivity contribution in [1.29, 1.82) is 0 Å². The number of nitrogens with one attached hydrogen (secondary N) is 1. The van der Waals surface area contributed by atoms with E-state index in [9.17, 15) is 4.79 Å². The van der Waals surface area contributed by atoms with Gasteiger partial charge in [-0.25, -0.2) is 9.78 Å². The van der Waals surface area contributed by atoms with Crippen molar-refractivity contribution in [2.45, 2.75) is 51.5 Å². The molecule has 3 heterocycles. The molecule has 24 heavy (non-hydrogen) atoms. The van der Waals surface area contributed by atoms with Crippen LogP contribution in [0.4, 0.5) is 4.79 Å². The second kappa shape index (κ2) is 7.83. The average molecular weight is 347 g/mol. The highest BCUT2D eigenvalue weighted by atomic mass is 32.1. The van der Waals surface area contributed by atoms with E-state index in [1.165, 1.54) is 0 Å². The number of likely N-dealkylation sites (tertiary alicyclic amines) is 1. The highest BCUT2D eigenvalue weighted by Crippen LogP contribution is 2.28. The molecule has 0 bridgehead atoms. The molecule has 0 aromatic carbocycles. The Morgan fingerprint density at radius 2 is 2.42 bits per heavy atom. The molecular formula is C18H25N3O2S. The molecule has 1 saturated heterocycles. The van der Waals surface area contributed by atoms with Crippen LogP contribution >= 0.6 is 11.3 Å². The monoisotopic (exact) mass is 347 g/mol. The number of aryl methyl sites for hydroxylation is 2. The van der Waals surface area contributed by atoms with Crippen LogP contribution in [0.1, 0.15) is 48.6 Å². The predicted octanol–water partition coefficient (Wildman–Crippen LogP) is 3.95. The van der Waals surface area contributed by atoms with Crippen molar-refractivity contribution in [2.75, 3.05) is 13.1 Å². The fourth-order valence-corrected chi connectivity index (χ4v) is 3.92. The Bertz CT molecular complexity index is 653. The molecule has 0 spiro atoms. The zero-order chi connectivity index (χ0) is 16.9. The van der Waals surface area contributed by atoms with Gasteiger partial charge in [-0.1, -0.05) is 0 Å². The molecule has 1 fully saturated rings. The van der Waals surface area contributed by atoms with Crippen LogP contribution in [0.5, 0.6) is 0 Å². The van der Waals surface area contributed by atoms with Gasteiger partial charge in [0.05, 0.1) is 5.01 Å². The van der Waals surface area contributed by atoms with Crippen LogP contribution in [0.25, 0.3) is 0 Å². The van der Waals surface area contributed by atoms with Gasteiger partial charge < -0.3 is 14.6 Å². The van der Waals surface area contributed by atoms with E-state index in [1.54, 1.807) is 11.3 Å². The number of urea groups is 1. The number of amides is 2. The molecule has 2 amide bonds. The number of carbonyl (C=O) groups is 1. The van der Waals surface area contributed by atoms with Gasteiger partial charge in [-0.3, -0.25) is 0 Å². The minimum absolute atomic E-state index is 0.0411. The normalized spacial score (nSPS) is 19.2. The van der Waals surface area contributed by atoms with E-state index in [2.05, 4.69) is 17.2 Å². The van der Waals surface area contributed by atoms with Crippen molar-refractivity contribution in [3.63, 3.8) is 0 Å². The molecule has 2 aromatic heterocycles. The summed E-state index contributed by atoms with van der Waals surface area (Å²) in [7, 11) is 0. The van der Waals surface area contributed by atoms with Gasteiger partial charge in [0.2, 0.25) is 0 Å². The van der Waals surface area contributed by atoms with E-state index < -0.39 is 0 Å². The summed E-state index contributed by atoms with van der Waals surface area (Å²) in [6.45, 7) is 5.60. The molecule has 130 valence electrons. The number of hydrogen-bond donors (Lipinski definition) is 1. The number of rotatable bonds is 5. The van der Waals surface area contributed by atoms with Gasteiger partial charge in [0, 0.05) is 43.0 Å². The Morgan fingerprint density at radius 1 is 1.54 bits per heavy atom. The van der Waals surface area contributed by atoms with Crippen LogP contribution in [0.15, 0.2) is 28.1 Å². The molecule has 1 N–H and O–H groups in total. The maximum atomic E-state index is 12.5. The Balaban J connectivity index is 1.46. The number of piperidine rings is 1. The van der Waals surface area contributed by atoms with E-state index >= 15 is 0 Å². The Hall–Kier alpha value is -1.82. The van der Waals surface area contributed by atoms with Crippen LogP contribution in [-0.2, 0) is 6.42 Å². The summed E-state index contributed by atoms with van der Waals surface area (Å²) in [6.07, 6.45) is 5.72. The number of thiazole rings is 1. The highest BCUT2D eigenvalue weighted by Gasteiger charge is 2.26. The smallest absolute Gasteiger partial charge is 0.317 e. The summed E-state index contributed by atoms with van der Waals surface area (Å²) in [5, 5.41) is 6.27. The van der Waals surface area contributed by atoms with Crippen LogP contribution in [0, 0.1) is 6.92 Å². The predicted molar refractivity (Wildman–Crippen MR) is 95.4 cm³/mol. The lowest BCUT2D eigenvalue weighted by Crippen LogP contribution is -2.47. The molecule has 0 unspecified atom stereocenters. The molecule has 1 aliphatic heterocycles. The minimum atomic E-state index is 0.0411. The van der Waals surface area contributed by atoms with Crippen molar-refractivity contribution in [2.24, 2.45) is 0 Å². The summed E-state index contributed by atoms with van der Waals surface area (Å²) >= 11 is 1.68. The number of carbonyl (C=O) groups excluding carboxylic acids is 1. The molecule has 2 atom stereocenters. The molecule has 3 rings (SSSR count). The second-order valence-corrected chi connectivity index (χ2v) is 7.48. The molecular weight excluding hydrogens is 322 g/mol. The summed E-state index contributed by atoms with van der Waals surface area (Å²) in [5.74, 6) is 2.30. The van der Waals surface area contributed by atoms with E-state index in [0.717, 1.165) is 55.3 Å². The first-order chi connectivity index (χ1) is 11.6. The summed E-state index contributed by atoms with van der Waals surface area (Å²) in [5.41, 5.74) is 0. The van der Waals surface area contributed by atoms with Gasteiger partial charge in [-0.15, -0.1) is 11.3 Å². The van der Waals surface area contributed by atoms with E-state index in [0.29, 0.717) is 5.92 Å². The molecule has 0 radical (unpaired) electrons. The molecule has 0 aliphatic carbocycles. The second-order valence-electron chi connectivity index (χ2n) is 6.56. The lowest BCUT2D eigenvalue weighted by molar-refractivity contribution is 0.176. The zero-order valence-electron chi connectivity index (χ0n) is 14.3. The first-order valence-corrected chi connectivity index (χ1v) is 9.50. The van der Waals surface area contributed by atoms with Gasteiger partial charge in [0.15, 0.2) is 0 Å². The van der Waals surface area contributed by atoms with Gasteiger partial charge >= 0.3 is 6.03 Å². The Morgan fingerprint density at radius 3 is 3.12 bits per heavy atom. The lowest BCUT2D eigenvalue weighted by Gasteiger charge is -2.32. The molecule has 6 heteroatoms. The first kappa shape index (κ1) is 17.0. The van der Waals surface area contributed by atoms with Gasteiger partial charge in [0.1, 0.15) is 11.5 Å². The number of hydrogen-bond acceptors (Lipinski definition) is 4. The summed E-state index contributed by atoms with van der Waals surface area (Å²) < 4.78 is 5.58. The van der Waals surface area contributed by atoms with Gasteiger partial charge in [-0.2, -0.15) is 0 Å². The zero-order valence-corrected chi connectivity index (χ0v) is 15.1. The van der Waals surface area contributed by atoms with Gasteiger partial charge in [-0.05, 0) is 45.2 Å². The van der Waals surface area contributed by atoms with Crippen molar-refractivity contribution in [3.8, 4) is 0 Å². The SMILES string of the molecule is Cc1ccc(CC[C@H](C)NC(=O)N2CCC[C@H](c3nccs3)C2)o1. The molecule has 2 aromatic rings. The fraction of sp³-hybridized carbons (Fsp3) is 0.556. The highest BCUT2D eigenvalue weighted by molar-refractivity contribution is 7.09. The molecule has 1 aliphatic rings. The van der Waals surface area contributed by atoms with E-state index in [4.69, 9.17) is 4.42 Å².